The van der Waals surface area contributed by atoms with Gasteiger partial charge in [-0.05, 0) is 29.7 Å². The maximum Gasteiger partial charge on any atom is 0.151 e. The third-order valence-corrected chi connectivity index (χ3v) is 2.45. The fourth-order valence-corrected chi connectivity index (χ4v) is 1.50. The zero-order valence-electron chi connectivity index (χ0n) is 8.22. The van der Waals surface area contributed by atoms with Crippen LogP contribution in [0.5, 0.6) is 0 Å². The lowest BCUT2D eigenvalue weighted by molar-refractivity contribution is -0.116. The molecule has 76 valence electrons. The van der Waals surface area contributed by atoms with Gasteiger partial charge in [-0.15, -0.1) is 11.6 Å². The average molecular weight is 212 g/mol. The summed E-state index contributed by atoms with van der Waals surface area (Å²) >= 11 is 5.45. The molecule has 0 aliphatic rings. The number of hydrogen-bond acceptors (Lipinski definition) is 2. The first-order valence-electron chi connectivity index (χ1n) is 4.62. The van der Waals surface area contributed by atoms with E-state index in [-0.39, 0.29) is 11.7 Å². The van der Waals surface area contributed by atoms with Crippen LogP contribution in [0.4, 0.5) is 5.69 Å². The van der Waals surface area contributed by atoms with Crippen molar-refractivity contribution in [3.05, 3.63) is 29.3 Å². The van der Waals surface area contributed by atoms with Gasteiger partial charge in [-0.2, -0.15) is 0 Å². The number of nitrogen functional groups attached to an aromatic ring is 1. The molecule has 0 aromatic heterocycles. The molecule has 3 heteroatoms. The Hall–Kier alpha value is -1.02. The molecule has 14 heavy (non-hydrogen) atoms. The Morgan fingerprint density at radius 3 is 2.71 bits per heavy atom. The summed E-state index contributed by atoms with van der Waals surface area (Å²) in [5, 5.41) is 0. The van der Waals surface area contributed by atoms with Crippen molar-refractivity contribution in [3.63, 3.8) is 0 Å². The second-order valence-corrected chi connectivity index (χ2v) is 3.50. The minimum absolute atomic E-state index is 0.0474. The van der Waals surface area contributed by atoms with Gasteiger partial charge in [0.2, 0.25) is 0 Å². The molecule has 0 spiro atoms. The van der Waals surface area contributed by atoms with Crippen molar-refractivity contribution in [3.8, 4) is 0 Å². The van der Waals surface area contributed by atoms with E-state index in [4.69, 9.17) is 17.3 Å². The summed E-state index contributed by atoms with van der Waals surface area (Å²) in [6.07, 6.45) is 1.29. The Morgan fingerprint density at radius 1 is 1.43 bits per heavy atom. The van der Waals surface area contributed by atoms with Crippen LogP contribution >= 0.6 is 11.6 Å². The standard InChI is InChI=1S/C11H14ClNO/c1-2-8-5-10(13)4-3-9(8)6-11(14)7-12/h3-5H,2,6-7,13H2,1H3. The minimum atomic E-state index is 0.0474. The van der Waals surface area contributed by atoms with Crippen LogP contribution in [0.1, 0.15) is 18.1 Å². The normalized spacial score (nSPS) is 10.1. The first kappa shape index (κ1) is 11.1. The van der Waals surface area contributed by atoms with Gasteiger partial charge in [-0.3, -0.25) is 4.79 Å². The summed E-state index contributed by atoms with van der Waals surface area (Å²) < 4.78 is 0. The van der Waals surface area contributed by atoms with E-state index in [9.17, 15) is 4.79 Å². The molecule has 1 aromatic carbocycles. The van der Waals surface area contributed by atoms with Gasteiger partial charge in [-0.1, -0.05) is 13.0 Å². The SMILES string of the molecule is CCc1cc(N)ccc1CC(=O)CCl. The van der Waals surface area contributed by atoms with Crippen LogP contribution in [0.15, 0.2) is 18.2 Å². The Morgan fingerprint density at radius 2 is 2.14 bits per heavy atom. The molecule has 0 fully saturated rings. The van der Waals surface area contributed by atoms with Crippen LogP contribution in [-0.2, 0) is 17.6 Å². The topological polar surface area (TPSA) is 43.1 Å². The number of ketones is 1. The van der Waals surface area contributed by atoms with Crippen LogP contribution < -0.4 is 5.73 Å². The molecule has 0 saturated carbocycles. The Labute approximate surface area is 89.1 Å². The predicted octanol–water partition coefficient (Wildman–Crippen LogP) is 2.18. The highest BCUT2D eigenvalue weighted by Gasteiger charge is 2.06. The molecule has 0 aliphatic heterocycles. The third kappa shape index (κ3) is 2.74. The molecule has 0 bridgehead atoms. The lowest BCUT2D eigenvalue weighted by Gasteiger charge is -2.07. The van der Waals surface area contributed by atoms with Gasteiger partial charge in [0.25, 0.3) is 0 Å². The fourth-order valence-electron chi connectivity index (χ4n) is 1.41. The number of anilines is 1. The summed E-state index contributed by atoms with van der Waals surface area (Å²) in [4.78, 5) is 11.2. The van der Waals surface area contributed by atoms with Crippen molar-refractivity contribution < 1.29 is 4.79 Å². The van der Waals surface area contributed by atoms with Crippen molar-refractivity contribution in [2.75, 3.05) is 11.6 Å². The minimum Gasteiger partial charge on any atom is -0.399 e. The number of nitrogens with two attached hydrogens (primary N) is 1. The summed E-state index contributed by atoms with van der Waals surface area (Å²) in [6, 6.07) is 5.63. The molecule has 0 amide bonds. The number of alkyl halides is 1. The van der Waals surface area contributed by atoms with E-state index in [0.717, 1.165) is 23.2 Å². The number of carbonyl (C=O) groups is 1. The number of rotatable bonds is 4. The van der Waals surface area contributed by atoms with Gasteiger partial charge in [0, 0.05) is 12.1 Å². The largest absolute Gasteiger partial charge is 0.399 e. The number of benzene rings is 1. The van der Waals surface area contributed by atoms with Crippen LogP contribution in [0, 0.1) is 0 Å². The second kappa shape index (κ2) is 5.01. The lowest BCUT2D eigenvalue weighted by atomic mass is 10.0. The van der Waals surface area contributed by atoms with Crippen LogP contribution in [0.25, 0.3) is 0 Å². The van der Waals surface area contributed by atoms with Crippen molar-refractivity contribution in [1.29, 1.82) is 0 Å². The van der Waals surface area contributed by atoms with Crippen molar-refractivity contribution in [1.82, 2.24) is 0 Å². The summed E-state index contributed by atoms with van der Waals surface area (Å²) in [6.45, 7) is 2.05. The highest BCUT2D eigenvalue weighted by atomic mass is 35.5. The molecular formula is C11H14ClNO. The molecule has 0 unspecified atom stereocenters. The Bertz CT molecular complexity index is 336. The Kier molecular flexibility index (Phi) is 3.96. The van der Waals surface area contributed by atoms with Gasteiger partial charge < -0.3 is 5.73 Å². The smallest absolute Gasteiger partial charge is 0.151 e. The Balaban J connectivity index is 2.90. The maximum absolute atomic E-state index is 11.2. The molecule has 0 aliphatic carbocycles. The van der Waals surface area contributed by atoms with Crippen molar-refractivity contribution in [2.45, 2.75) is 19.8 Å². The summed E-state index contributed by atoms with van der Waals surface area (Å²) in [7, 11) is 0. The molecule has 0 saturated heterocycles. The number of halogens is 1. The van der Waals surface area contributed by atoms with Crippen LogP contribution in [0.2, 0.25) is 0 Å². The molecule has 0 heterocycles. The lowest BCUT2D eigenvalue weighted by Crippen LogP contribution is -2.06. The first-order chi connectivity index (χ1) is 6.67. The summed E-state index contributed by atoms with van der Waals surface area (Å²) in [5.41, 5.74) is 8.56. The van der Waals surface area contributed by atoms with E-state index in [1.807, 2.05) is 25.1 Å². The molecule has 1 aromatic rings. The van der Waals surface area contributed by atoms with E-state index < -0.39 is 0 Å². The number of Topliss-reactive ketones (excluding diaryl/α,β-unsaturated/α-hetero) is 1. The second-order valence-electron chi connectivity index (χ2n) is 3.23. The van der Waals surface area contributed by atoms with Gasteiger partial charge in [-0.25, -0.2) is 0 Å². The van der Waals surface area contributed by atoms with Crippen LogP contribution in [-0.4, -0.2) is 11.7 Å². The zero-order valence-corrected chi connectivity index (χ0v) is 8.97. The molecule has 0 radical (unpaired) electrons. The van der Waals surface area contributed by atoms with Gasteiger partial charge >= 0.3 is 0 Å². The average Bonchev–Trinajstić information content (AvgIpc) is 2.20. The van der Waals surface area contributed by atoms with Gasteiger partial charge in [0.1, 0.15) is 0 Å². The number of aryl methyl sites for hydroxylation is 1. The van der Waals surface area contributed by atoms with Crippen molar-refractivity contribution >= 4 is 23.1 Å². The predicted molar refractivity (Wildman–Crippen MR) is 59.7 cm³/mol. The maximum atomic E-state index is 11.2. The summed E-state index contributed by atoms with van der Waals surface area (Å²) in [5.74, 6) is 0.124. The van der Waals surface area contributed by atoms with Gasteiger partial charge in [0.05, 0.1) is 5.88 Å². The van der Waals surface area contributed by atoms with E-state index >= 15 is 0 Å². The molecule has 2 nitrogen and oxygen atoms in total. The highest BCUT2D eigenvalue weighted by molar-refractivity contribution is 6.27. The fraction of sp³-hybridized carbons (Fsp3) is 0.364. The van der Waals surface area contributed by atoms with E-state index in [2.05, 4.69) is 0 Å². The van der Waals surface area contributed by atoms with E-state index in [0.29, 0.717) is 6.42 Å². The number of hydrogen-bond donors (Lipinski definition) is 1. The molecule has 2 N–H and O–H groups in total. The van der Waals surface area contributed by atoms with E-state index in [1.165, 1.54) is 0 Å². The highest BCUT2D eigenvalue weighted by Crippen LogP contribution is 2.15. The zero-order chi connectivity index (χ0) is 10.6. The van der Waals surface area contributed by atoms with Crippen molar-refractivity contribution in [2.24, 2.45) is 0 Å². The molecular weight excluding hydrogens is 198 g/mol. The van der Waals surface area contributed by atoms with E-state index in [1.54, 1.807) is 0 Å². The molecule has 0 atom stereocenters. The third-order valence-electron chi connectivity index (χ3n) is 2.15. The quantitative estimate of drug-likeness (QED) is 0.613. The molecule has 1 rings (SSSR count). The van der Waals surface area contributed by atoms with Gasteiger partial charge in [0.15, 0.2) is 5.78 Å². The monoisotopic (exact) mass is 211 g/mol. The first-order valence-corrected chi connectivity index (χ1v) is 5.15. The van der Waals surface area contributed by atoms with Crippen LogP contribution in [0.3, 0.4) is 0 Å². The number of carbonyl (C=O) groups excluding carboxylic acids is 1.